The largest absolute Gasteiger partial charge is 0.494 e. The second-order valence-corrected chi connectivity index (χ2v) is 5.44. The van der Waals surface area contributed by atoms with Gasteiger partial charge in [0.05, 0.1) is 6.61 Å². The van der Waals surface area contributed by atoms with Crippen molar-refractivity contribution in [3.8, 4) is 5.75 Å². The SMILES string of the molecule is CCCCCCOc1ccc(NC(=O)C(CC)CC)cc1. The number of ether oxygens (including phenoxy) is 1. The molecule has 1 N–H and O–H groups in total. The Morgan fingerprint density at radius 1 is 1.05 bits per heavy atom. The number of hydrogen-bond donors (Lipinski definition) is 1. The molecular formula is C18H29NO2. The van der Waals surface area contributed by atoms with Crippen LogP contribution in [-0.2, 0) is 4.79 Å². The number of benzene rings is 1. The number of rotatable bonds is 10. The van der Waals surface area contributed by atoms with Crippen molar-refractivity contribution in [1.82, 2.24) is 0 Å². The summed E-state index contributed by atoms with van der Waals surface area (Å²) < 4.78 is 5.69. The Morgan fingerprint density at radius 2 is 1.71 bits per heavy atom. The van der Waals surface area contributed by atoms with E-state index in [0.717, 1.165) is 37.3 Å². The fourth-order valence-corrected chi connectivity index (χ4v) is 2.26. The second kappa shape index (κ2) is 10.3. The lowest BCUT2D eigenvalue weighted by Crippen LogP contribution is -2.21. The smallest absolute Gasteiger partial charge is 0.227 e. The molecule has 21 heavy (non-hydrogen) atoms. The standard InChI is InChI=1S/C18H29NO2/c1-4-7-8-9-14-21-17-12-10-16(11-13-17)19-18(20)15(5-2)6-3/h10-13,15H,4-9,14H2,1-3H3,(H,19,20). The zero-order chi connectivity index (χ0) is 15.5. The van der Waals surface area contributed by atoms with Crippen LogP contribution in [0.25, 0.3) is 0 Å². The maximum Gasteiger partial charge on any atom is 0.227 e. The molecule has 0 atom stereocenters. The zero-order valence-electron chi connectivity index (χ0n) is 13.7. The molecule has 0 radical (unpaired) electrons. The van der Waals surface area contributed by atoms with Crippen molar-refractivity contribution in [1.29, 1.82) is 0 Å². The van der Waals surface area contributed by atoms with Gasteiger partial charge in [0.1, 0.15) is 5.75 Å². The molecule has 1 aromatic carbocycles. The van der Waals surface area contributed by atoms with E-state index < -0.39 is 0 Å². The van der Waals surface area contributed by atoms with Gasteiger partial charge in [-0.2, -0.15) is 0 Å². The Labute approximate surface area is 129 Å². The van der Waals surface area contributed by atoms with Crippen molar-refractivity contribution in [3.05, 3.63) is 24.3 Å². The third kappa shape index (κ3) is 6.65. The number of nitrogens with one attached hydrogen (secondary N) is 1. The molecule has 0 fully saturated rings. The van der Waals surface area contributed by atoms with E-state index in [1.165, 1.54) is 19.3 Å². The van der Waals surface area contributed by atoms with Crippen LogP contribution in [0.4, 0.5) is 5.69 Å². The summed E-state index contributed by atoms with van der Waals surface area (Å²) in [7, 11) is 0. The summed E-state index contributed by atoms with van der Waals surface area (Å²) in [4.78, 5) is 12.0. The summed E-state index contributed by atoms with van der Waals surface area (Å²) in [5, 5.41) is 2.96. The van der Waals surface area contributed by atoms with Gasteiger partial charge in [0.2, 0.25) is 5.91 Å². The van der Waals surface area contributed by atoms with Gasteiger partial charge in [0.25, 0.3) is 0 Å². The molecule has 0 unspecified atom stereocenters. The predicted molar refractivity (Wildman–Crippen MR) is 88.8 cm³/mol. The molecule has 0 heterocycles. The topological polar surface area (TPSA) is 38.3 Å². The van der Waals surface area contributed by atoms with Crippen LogP contribution in [0.5, 0.6) is 5.75 Å². The second-order valence-electron chi connectivity index (χ2n) is 5.44. The Kier molecular flexibility index (Phi) is 8.56. The highest BCUT2D eigenvalue weighted by molar-refractivity contribution is 5.92. The fourth-order valence-electron chi connectivity index (χ4n) is 2.26. The number of amides is 1. The first kappa shape index (κ1) is 17.5. The molecule has 0 aliphatic heterocycles. The van der Waals surface area contributed by atoms with Crippen LogP contribution in [0.2, 0.25) is 0 Å². The van der Waals surface area contributed by atoms with Gasteiger partial charge in [-0.05, 0) is 43.5 Å². The first-order valence-electron chi connectivity index (χ1n) is 8.24. The van der Waals surface area contributed by atoms with Crippen LogP contribution in [0.1, 0.15) is 59.3 Å². The zero-order valence-corrected chi connectivity index (χ0v) is 13.7. The average Bonchev–Trinajstić information content (AvgIpc) is 2.50. The lowest BCUT2D eigenvalue weighted by atomic mass is 10.0. The van der Waals surface area contributed by atoms with E-state index in [-0.39, 0.29) is 11.8 Å². The molecular weight excluding hydrogens is 262 g/mol. The van der Waals surface area contributed by atoms with Crippen molar-refractivity contribution in [2.45, 2.75) is 59.3 Å². The minimum atomic E-state index is 0.0968. The molecule has 3 heteroatoms. The van der Waals surface area contributed by atoms with Crippen LogP contribution >= 0.6 is 0 Å². The summed E-state index contributed by atoms with van der Waals surface area (Å²) >= 11 is 0. The number of unbranched alkanes of at least 4 members (excludes halogenated alkanes) is 3. The van der Waals surface area contributed by atoms with E-state index in [0.29, 0.717) is 0 Å². The minimum absolute atomic E-state index is 0.0968. The maximum absolute atomic E-state index is 12.0. The molecule has 0 aliphatic carbocycles. The summed E-state index contributed by atoms with van der Waals surface area (Å²) in [5.41, 5.74) is 0.838. The molecule has 0 aromatic heterocycles. The molecule has 1 amide bonds. The number of carbonyl (C=O) groups is 1. The third-order valence-electron chi connectivity index (χ3n) is 3.74. The lowest BCUT2D eigenvalue weighted by molar-refractivity contribution is -0.120. The van der Waals surface area contributed by atoms with Gasteiger partial charge in [-0.25, -0.2) is 0 Å². The quantitative estimate of drug-likeness (QED) is 0.615. The van der Waals surface area contributed by atoms with Crippen LogP contribution in [0.15, 0.2) is 24.3 Å². The average molecular weight is 291 g/mol. The van der Waals surface area contributed by atoms with Gasteiger partial charge in [-0.1, -0.05) is 40.0 Å². The van der Waals surface area contributed by atoms with Crippen molar-refractivity contribution in [2.24, 2.45) is 5.92 Å². The monoisotopic (exact) mass is 291 g/mol. The minimum Gasteiger partial charge on any atom is -0.494 e. The molecule has 0 bridgehead atoms. The molecule has 1 rings (SSSR count). The molecule has 1 aromatic rings. The van der Waals surface area contributed by atoms with E-state index in [2.05, 4.69) is 12.2 Å². The van der Waals surface area contributed by atoms with E-state index >= 15 is 0 Å². The van der Waals surface area contributed by atoms with Gasteiger partial charge in [0.15, 0.2) is 0 Å². The highest BCUT2D eigenvalue weighted by Crippen LogP contribution is 2.18. The van der Waals surface area contributed by atoms with Crippen molar-refractivity contribution < 1.29 is 9.53 Å². The fraction of sp³-hybridized carbons (Fsp3) is 0.611. The Bertz CT molecular complexity index is 396. The molecule has 3 nitrogen and oxygen atoms in total. The first-order chi connectivity index (χ1) is 10.2. The number of anilines is 1. The molecule has 0 spiro atoms. The van der Waals surface area contributed by atoms with Gasteiger partial charge < -0.3 is 10.1 Å². The highest BCUT2D eigenvalue weighted by Gasteiger charge is 2.13. The Hall–Kier alpha value is -1.51. The summed E-state index contributed by atoms with van der Waals surface area (Å²) in [6.45, 7) is 7.06. The van der Waals surface area contributed by atoms with Gasteiger partial charge in [0, 0.05) is 11.6 Å². The maximum atomic E-state index is 12.0. The summed E-state index contributed by atoms with van der Waals surface area (Å²) in [5.74, 6) is 1.07. The van der Waals surface area contributed by atoms with Crippen molar-refractivity contribution in [3.63, 3.8) is 0 Å². The summed E-state index contributed by atoms with van der Waals surface area (Å²) in [6, 6.07) is 7.65. The van der Waals surface area contributed by atoms with E-state index in [1.807, 2.05) is 38.1 Å². The van der Waals surface area contributed by atoms with E-state index in [1.54, 1.807) is 0 Å². The highest BCUT2D eigenvalue weighted by atomic mass is 16.5. The summed E-state index contributed by atoms with van der Waals surface area (Å²) in [6.07, 6.45) is 6.58. The molecule has 0 aliphatic rings. The van der Waals surface area contributed by atoms with Crippen molar-refractivity contribution >= 4 is 11.6 Å². The molecule has 0 saturated carbocycles. The molecule has 0 saturated heterocycles. The van der Waals surface area contributed by atoms with Gasteiger partial charge in [-0.15, -0.1) is 0 Å². The van der Waals surface area contributed by atoms with Crippen LogP contribution < -0.4 is 10.1 Å². The van der Waals surface area contributed by atoms with Gasteiger partial charge in [-0.3, -0.25) is 4.79 Å². The van der Waals surface area contributed by atoms with Crippen LogP contribution in [-0.4, -0.2) is 12.5 Å². The number of carbonyl (C=O) groups excluding carboxylic acids is 1. The third-order valence-corrected chi connectivity index (χ3v) is 3.74. The predicted octanol–water partition coefficient (Wildman–Crippen LogP) is 5.02. The molecule has 118 valence electrons. The Morgan fingerprint density at radius 3 is 2.29 bits per heavy atom. The number of hydrogen-bond acceptors (Lipinski definition) is 2. The first-order valence-corrected chi connectivity index (χ1v) is 8.24. The van der Waals surface area contributed by atoms with Crippen molar-refractivity contribution in [2.75, 3.05) is 11.9 Å². The lowest BCUT2D eigenvalue weighted by Gasteiger charge is -2.13. The Balaban J connectivity index is 2.38. The van der Waals surface area contributed by atoms with Gasteiger partial charge >= 0.3 is 0 Å². The van der Waals surface area contributed by atoms with E-state index in [4.69, 9.17) is 4.74 Å². The normalized spacial score (nSPS) is 10.7. The van der Waals surface area contributed by atoms with E-state index in [9.17, 15) is 4.79 Å². The van der Waals surface area contributed by atoms with Crippen LogP contribution in [0, 0.1) is 5.92 Å². The van der Waals surface area contributed by atoms with Crippen LogP contribution in [0.3, 0.4) is 0 Å².